The van der Waals surface area contributed by atoms with Crippen molar-refractivity contribution < 1.29 is 17.7 Å². The molecule has 2 aromatic carbocycles. The number of hydrogen-bond acceptors (Lipinski definition) is 6. The number of carbonyl (C=O) groups is 1. The minimum absolute atomic E-state index is 0.0104. The smallest absolute Gasteiger partial charge is 0.253 e. The molecule has 3 aromatic rings. The Bertz CT molecular complexity index is 1190. The molecule has 1 aliphatic heterocycles. The molecule has 4 rings (SSSR count). The summed E-state index contributed by atoms with van der Waals surface area (Å²) < 4.78 is 33.7. The van der Waals surface area contributed by atoms with Crippen molar-refractivity contribution in [2.75, 3.05) is 13.1 Å². The van der Waals surface area contributed by atoms with E-state index in [2.05, 4.69) is 14.9 Å². The van der Waals surface area contributed by atoms with Gasteiger partial charge in [0.15, 0.2) is 0 Å². The summed E-state index contributed by atoms with van der Waals surface area (Å²) in [5.41, 5.74) is 1.21. The third-order valence-corrected chi connectivity index (χ3v) is 6.93. The number of amides is 1. The number of likely N-dealkylation sites (tertiary alicyclic amines) is 1. The topological polar surface area (TPSA) is 105 Å². The Labute approximate surface area is 187 Å². The Hall–Kier alpha value is -3.04. The van der Waals surface area contributed by atoms with Gasteiger partial charge in [0.2, 0.25) is 21.7 Å². The van der Waals surface area contributed by atoms with Crippen molar-refractivity contribution in [2.24, 2.45) is 5.92 Å². The number of carbonyl (C=O) groups excluding carboxylic acids is 1. The Morgan fingerprint density at radius 2 is 1.78 bits per heavy atom. The van der Waals surface area contributed by atoms with E-state index in [1.54, 1.807) is 42.5 Å². The summed E-state index contributed by atoms with van der Waals surface area (Å²) in [4.78, 5) is 19.2. The van der Waals surface area contributed by atoms with Gasteiger partial charge in [0.25, 0.3) is 5.91 Å². The molecule has 1 aromatic heterocycles. The number of benzene rings is 2. The first-order valence-electron chi connectivity index (χ1n) is 10.7. The summed E-state index contributed by atoms with van der Waals surface area (Å²) in [6.07, 6.45) is 2.05. The summed E-state index contributed by atoms with van der Waals surface area (Å²) in [6, 6.07) is 14.6. The highest BCUT2D eigenvalue weighted by molar-refractivity contribution is 7.89. The maximum Gasteiger partial charge on any atom is 0.253 e. The van der Waals surface area contributed by atoms with Crippen molar-refractivity contribution in [3.8, 4) is 11.4 Å². The standard InChI is InChI=1S/C23H26N4O4S/c1-16(2)20(26-32(29,30)19-11-4-3-5-12-19)22-24-21(25-31-22)17-9-8-10-18(15-17)23(28)27-13-6-7-14-27/h3-5,8-12,15-16,20,26H,6-7,13-14H2,1-2H3. The van der Waals surface area contributed by atoms with E-state index in [-0.39, 0.29) is 22.6 Å². The highest BCUT2D eigenvalue weighted by Crippen LogP contribution is 2.26. The molecule has 2 heterocycles. The number of hydrogen-bond donors (Lipinski definition) is 1. The second-order valence-corrected chi connectivity index (χ2v) is 9.91. The second-order valence-electron chi connectivity index (χ2n) is 8.19. The van der Waals surface area contributed by atoms with Gasteiger partial charge < -0.3 is 9.42 Å². The number of sulfonamides is 1. The van der Waals surface area contributed by atoms with Gasteiger partial charge in [-0.1, -0.05) is 49.3 Å². The SMILES string of the molecule is CC(C)C(NS(=O)(=O)c1ccccc1)c1nc(-c2cccc(C(=O)N3CCCC3)c2)no1. The van der Waals surface area contributed by atoms with Gasteiger partial charge in [-0.25, -0.2) is 8.42 Å². The van der Waals surface area contributed by atoms with Gasteiger partial charge >= 0.3 is 0 Å². The third-order valence-electron chi connectivity index (χ3n) is 5.47. The van der Waals surface area contributed by atoms with Gasteiger partial charge in [0.1, 0.15) is 6.04 Å². The highest BCUT2D eigenvalue weighted by Gasteiger charge is 2.29. The quantitative estimate of drug-likeness (QED) is 0.584. The summed E-state index contributed by atoms with van der Waals surface area (Å²) in [5.74, 6) is 0.333. The van der Waals surface area contributed by atoms with Crippen molar-refractivity contribution in [1.82, 2.24) is 19.8 Å². The lowest BCUT2D eigenvalue weighted by molar-refractivity contribution is 0.0793. The molecule has 32 heavy (non-hydrogen) atoms. The molecule has 8 nitrogen and oxygen atoms in total. The average Bonchev–Trinajstić information content (AvgIpc) is 3.50. The van der Waals surface area contributed by atoms with Crippen LogP contribution in [0.2, 0.25) is 0 Å². The normalized spacial score (nSPS) is 15.3. The van der Waals surface area contributed by atoms with E-state index in [1.165, 1.54) is 12.1 Å². The second kappa shape index (κ2) is 9.22. The fourth-order valence-electron chi connectivity index (χ4n) is 3.68. The van der Waals surface area contributed by atoms with Crippen molar-refractivity contribution >= 4 is 15.9 Å². The highest BCUT2D eigenvalue weighted by atomic mass is 32.2. The van der Waals surface area contributed by atoms with Gasteiger partial charge in [-0.3, -0.25) is 4.79 Å². The fraction of sp³-hybridized carbons (Fsp3) is 0.348. The van der Waals surface area contributed by atoms with E-state index >= 15 is 0 Å². The van der Waals surface area contributed by atoms with Crippen molar-refractivity contribution in [3.63, 3.8) is 0 Å². The summed E-state index contributed by atoms with van der Waals surface area (Å²) in [5, 5.41) is 4.04. The molecular formula is C23H26N4O4S. The van der Waals surface area contributed by atoms with E-state index in [1.807, 2.05) is 18.7 Å². The van der Waals surface area contributed by atoms with E-state index in [9.17, 15) is 13.2 Å². The molecule has 0 aliphatic carbocycles. The molecule has 1 amide bonds. The predicted octanol–water partition coefficient (Wildman–Crippen LogP) is 3.65. The van der Waals surface area contributed by atoms with Gasteiger partial charge in [0, 0.05) is 24.2 Å². The van der Waals surface area contributed by atoms with Gasteiger partial charge in [-0.15, -0.1) is 0 Å². The monoisotopic (exact) mass is 454 g/mol. The lowest BCUT2D eigenvalue weighted by Crippen LogP contribution is -2.32. The predicted molar refractivity (Wildman–Crippen MR) is 119 cm³/mol. The summed E-state index contributed by atoms with van der Waals surface area (Å²) in [7, 11) is -3.76. The zero-order valence-electron chi connectivity index (χ0n) is 18.1. The summed E-state index contributed by atoms with van der Waals surface area (Å²) >= 11 is 0. The van der Waals surface area contributed by atoms with Crippen molar-refractivity contribution in [2.45, 2.75) is 37.6 Å². The lowest BCUT2D eigenvalue weighted by atomic mass is 10.1. The molecule has 1 fully saturated rings. The molecule has 1 unspecified atom stereocenters. The van der Waals surface area contributed by atoms with Crippen LogP contribution >= 0.6 is 0 Å². The van der Waals surface area contributed by atoms with Crippen LogP contribution in [0.25, 0.3) is 11.4 Å². The van der Waals surface area contributed by atoms with Crippen LogP contribution in [0.3, 0.4) is 0 Å². The maximum absolute atomic E-state index is 12.8. The largest absolute Gasteiger partial charge is 0.339 e. The van der Waals surface area contributed by atoms with Crippen molar-refractivity contribution in [1.29, 1.82) is 0 Å². The van der Waals surface area contributed by atoms with Crippen LogP contribution in [-0.2, 0) is 10.0 Å². The zero-order valence-corrected chi connectivity index (χ0v) is 18.9. The molecule has 0 radical (unpaired) electrons. The van der Waals surface area contributed by atoms with Gasteiger partial charge in [0.05, 0.1) is 4.90 Å². The molecule has 168 valence electrons. The fourth-order valence-corrected chi connectivity index (χ4v) is 5.04. The molecular weight excluding hydrogens is 428 g/mol. The lowest BCUT2D eigenvalue weighted by Gasteiger charge is -2.18. The van der Waals surface area contributed by atoms with Gasteiger partial charge in [-0.05, 0) is 43.0 Å². The van der Waals surface area contributed by atoms with E-state index in [0.717, 1.165) is 25.9 Å². The maximum atomic E-state index is 12.8. The molecule has 1 N–H and O–H groups in total. The number of rotatable bonds is 7. The molecule has 1 atom stereocenters. The van der Waals surface area contributed by atoms with Crippen LogP contribution in [0.1, 0.15) is 49.0 Å². The Morgan fingerprint density at radius 1 is 1.06 bits per heavy atom. The number of nitrogens with one attached hydrogen (secondary N) is 1. The first kappa shape index (κ1) is 22.2. The minimum atomic E-state index is -3.76. The molecule has 0 saturated carbocycles. The number of nitrogens with zero attached hydrogens (tertiary/aromatic N) is 3. The van der Waals surface area contributed by atoms with E-state index in [4.69, 9.17) is 4.52 Å². The Morgan fingerprint density at radius 3 is 2.47 bits per heavy atom. The third kappa shape index (κ3) is 4.73. The first-order valence-corrected chi connectivity index (χ1v) is 12.1. The summed E-state index contributed by atoms with van der Waals surface area (Å²) in [6.45, 7) is 5.29. The van der Waals surface area contributed by atoms with Crippen LogP contribution in [-0.4, -0.2) is 42.5 Å². The zero-order chi connectivity index (χ0) is 22.7. The van der Waals surface area contributed by atoms with Crippen LogP contribution in [0, 0.1) is 5.92 Å². The van der Waals surface area contributed by atoms with Crippen LogP contribution in [0.15, 0.2) is 64.0 Å². The Kier molecular flexibility index (Phi) is 6.38. The first-order chi connectivity index (χ1) is 15.3. The van der Waals surface area contributed by atoms with E-state index < -0.39 is 16.1 Å². The molecule has 1 aliphatic rings. The molecule has 0 spiro atoms. The van der Waals surface area contributed by atoms with Crippen molar-refractivity contribution in [3.05, 3.63) is 66.1 Å². The van der Waals surface area contributed by atoms with Gasteiger partial charge in [-0.2, -0.15) is 9.71 Å². The van der Waals surface area contributed by atoms with Crippen LogP contribution in [0.5, 0.6) is 0 Å². The van der Waals surface area contributed by atoms with Crippen LogP contribution < -0.4 is 4.72 Å². The molecule has 0 bridgehead atoms. The molecule has 1 saturated heterocycles. The van der Waals surface area contributed by atoms with E-state index in [0.29, 0.717) is 17.0 Å². The minimum Gasteiger partial charge on any atom is -0.339 e. The number of aromatic nitrogens is 2. The average molecular weight is 455 g/mol. The molecule has 9 heteroatoms. The van der Waals surface area contributed by atoms with Crippen LogP contribution in [0.4, 0.5) is 0 Å². The Balaban J connectivity index is 1.58.